The van der Waals surface area contributed by atoms with Crippen LogP contribution in [0.25, 0.3) is 0 Å². The predicted molar refractivity (Wildman–Crippen MR) is 107 cm³/mol. The van der Waals surface area contributed by atoms with Gasteiger partial charge < -0.3 is 20.6 Å². The van der Waals surface area contributed by atoms with Crippen LogP contribution in [0.3, 0.4) is 0 Å². The summed E-state index contributed by atoms with van der Waals surface area (Å²) in [4.78, 5) is 10.7. The first-order chi connectivity index (χ1) is 13.6. The van der Waals surface area contributed by atoms with Crippen LogP contribution in [0.5, 0.6) is 0 Å². The number of aromatic nitrogens is 3. The predicted octanol–water partition coefficient (Wildman–Crippen LogP) is 1.17. The first-order valence-corrected chi connectivity index (χ1v) is 9.63. The zero-order valence-electron chi connectivity index (χ0n) is 16.4. The molecular weight excluding hydrogens is 361 g/mol. The van der Waals surface area contributed by atoms with Crippen LogP contribution in [0.15, 0.2) is 29.5 Å². The number of hydrogen-bond donors (Lipinski definition) is 3. The highest BCUT2D eigenvalue weighted by Gasteiger charge is 2.19. The molecule has 152 valence electrons. The van der Waals surface area contributed by atoms with Crippen LogP contribution < -0.4 is 15.5 Å². The van der Waals surface area contributed by atoms with Gasteiger partial charge in [0.1, 0.15) is 18.0 Å². The van der Waals surface area contributed by atoms with Gasteiger partial charge in [-0.15, -0.1) is 0 Å². The second-order valence-electron chi connectivity index (χ2n) is 6.85. The Morgan fingerprint density at radius 2 is 2.11 bits per heavy atom. The quantitative estimate of drug-likeness (QED) is 0.508. The number of halogens is 1. The number of nitrogens with zero attached hydrogens (tertiary/aromatic N) is 5. The van der Waals surface area contributed by atoms with Gasteiger partial charge in [0, 0.05) is 26.7 Å². The molecular formula is C19H28FN7O. The second-order valence-corrected chi connectivity index (χ2v) is 6.85. The molecule has 28 heavy (non-hydrogen) atoms. The highest BCUT2D eigenvalue weighted by molar-refractivity contribution is 5.79. The Morgan fingerprint density at radius 3 is 2.75 bits per heavy atom. The lowest BCUT2D eigenvalue weighted by Crippen LogP contribution is -2.37. The van der Waals surface area contributed by atoms with Crippen molar-refractivity contribution in [3.05, 3.63) is 41.7 Å². The van der Waals surface area contributed by atoms with Gasteiger partial charge in [-0.05, 0) is 37.5 Å². The van der Waals surface area contributed by atoms with Gasteiger partial charge in [0.05, 0.1) is 24.9 Å². The number of rotatable bonds is 6. The van der Waals surface area contributed by atoms with Crippen molar-refractivity contribution in [1.29, 1.82) is 0 Å². The van der Waals surface area contributed by atoms with Crippen LogP contribution in [-0.4, -0.2) is 51.6 Å². The van der Waals surface area contributed by atoms with E-state index in [0.717, 1.165) is 17.9 Å². The number of anilines is 1. The van der Waals surface area contributed by atoms with Crippen LogP contribution >= 0.6 is 0 Å². The Morgan fingerprint density at radius 1 is 1.32 bits per heavy atom. The average molecular weight is 389 g/mol. The molecule has 0 saturated carbocycles. The maximum atomic E-state index is 14.6. The van der Waals surface area contributed by atoms with E-state index in [1.807, 2.05) is 24.9 Å². The summed E-state index contributed by atoms with van der Waals surface area (Å²) in [6.07, 6.45) is 2.59. The van der Waals surface area contributed by atoms with Crippen LogP contribution in [-0.2, 0) is 20.1 Å². The topological polar surface area (TPSA) is 90.6 Å². The molecule has 1 aliphatic heterocycles. The first kappa shape index (κ1) is 20.1. The average Bonchev–Trinajstić information content (AvgIpc) is 3.10. The zero-order valence-corrected chi connectivity index (χ0v) is 16.4. The number of aryl methyl sites for hydroxylation is 1. The van der Waals surface area contributed by atoms with Crippen LogP contribution in [0.1, 0.15) is 31.2 Å². The molecule has 8 nitrogen and oxygen atoms in total. The summed E-state index contributed by atoms with van der Waals surface area (Å²) in [6.45, 7) is 4.92. The highest BCUT2D eigenvalue weighted by Crippen LogP contribution is 2.24. The Hall–Kier alpha value is -2.68. The van der Waals surface area contributed by atoms with Crippen molar-refractivity contribution >= 4 is 11.6 Å². The molecule has 1 fully saturated rings. The fourth-order valence-electron chi connectivity index (χ4n) is 3.17. The number of aliphatic hydroxyl groups excluding tert-OH is 1. The Balaban J connectivity index is 1.62. The molecule has 2 aromatic rings. The van der Waals surface area contributed by atoms with Gasteiger partial charge in [0.25, 0.3) is 0 Å². The number of aliphatic imine (C=N–C) groups is 1. The lowest BCUT2D eigenvalue weighted by Gasteiger charge is -2.31. The van der Waals surface area contributed by atoms with Crippen molar-refractivity contribution in [2.24, 2.45) is 12.0 Å². The van der Waals surface area contributed by atoms with Gasteiger partial charge in [-0.3, -0.25) is 4.68 Å². The van der Waals surface area contributed by atoms with Crippen LogP contribution in [0, 0.1) is 5.82 Å². The maximum Gasteiger partial charge on any atom is 0.191 e. The molecule has 0 spiro atoms. The molecule has 2 heterocycles. The van der Waals surface area contributed by atoms with Gasteiger partial charge in [0.15, 0.2) is 5.96 Å². The normalized spacial score (nSPS) is 15.7. The summed E-state index contributed by atoms with van der Waals surface area (Å²) in [5.74, 6) is 1.19. The van der Waals surface area contributed by atoms with E-state index in [9.17, 15) is 9.50 Å². The van der Waals surface area contributed by atoms with Crippen molar-refractivity contribution in [3.8, 4) is 0 Å². The number of hydrogen-bond acceptors (Lipinski definition) is 5. The monoisotopic (exact) mass is 389 g/mol. The van der Waals surface area contributed by atoms with E-state index in [1.54, 1.807) is 10.7 Å². The highest BCUT2D eigenvalue weighted by atomic mass is 19.1. The summed E-state index contributed by atoms with van der Waals surface area (Å²) in [5.41, 5.74) is 1.39. The van der Waals surface area contributed by atoms with Crippen molar-refractivity contribution in [1.82, 2.24) is 25.4 Å². The molecule has 1 aromatic heterocycles. The smallest absolute Gasteiger partial charge is 0.191 e. The van der Waals surface area contributed by atoms with E-state index in [4.69, 9.17) is 0 Å². The summed E-state index contributed by atoms with van der Waals surface area (Å²) in [5, 5.41) is 20.0. The number of piperidine rings is 1. The second kappa shape index (κ2) is 9.50. The third-order valence-electron chi connectivity index (χ3n) is 4.80. The van der Waals surface area contributed by atoms with Crippen molar-refractivity contribution in [2.75, 3.05) is 24.5 Å². The first-order valence-electron chi connectivity index (χ1n) is 9.63. The minimum Gasteiger partial charge on any atom is -0.393 e. The molecule has 1 aromatic carbocycles. The maximum absolute atomic E-state index is 14.6. The number of benzene rings is 1. The fourth-order valence-corrected chi connectivity index (χ4v) is 3.17. The molecule has 3 N–H and O–H groups in total. The van der Waals surface area contributed by atoms with Crippen LogP contribution in [0.2, 0.25) is 0 Å². The lowest BCUT2D eigenvalue weighted by molar-refractivity contribution is 0.145. The molecule has 9 heteroatoms. The largest absolute Gasteiger partial charge is 0.393 e. The van der Waals surface area contributed by atoms with E-state index >= 15 is 0 Å². The van der Waals surface area contributed by atoms with Crippen molar-refractivity contribution < 1.29 is 9.50 Å². The molecule has 0 aliphatic carbocycles. The van der Waals surface area contributed by atoms with E-state index in [0.29, 0.717) is 50.7 Å². The van der Waals surface area contributed by atoms with E-state index in [2.05, 4.69) is 25.7 Å². The minimum absolute atomic E-state index is 0.249. The molecule has 3 rings (SSSR count). The molecule has 0 amide bonds. The van der Waals surface area contributed by atoms with Crippen LogP contribution in [0.4, 0.5) is 10.1 Å². The lowest BCUT2D eigenvalue weighted by atomic mass is 10.1. The van der Waals surface area contributed by atoms with Gasteiger partial charge >= 0.3 is 0 Å². The summed E-state index contributed by atoms with van der Waals surface area (Å²) < 4.78 is 16.3. The SMILES string of the molecule is CCNC(=NCc1ccc(N2CCC(O)CC2)c(F)c1)NCc1ncnn1C. The molecule has 1 aliphatic rings. The third-order valence-corrected chi connectivity index (χ3v) is 4.80. The van der Waals surface area contributed by atoms with Crippen molar-refractivity contribution in [2.45, 2.75) is 39.0 Å². The molecule has 0 bridgehead atoms. The van der Waals surface area contributed by atoms with Gasteiger partial charge in [-0.25, -0.2) is 14.4 Å². The number of aliphatic hydroxyl groups is 1. The molecule has 0 radical (unpaired) electrons. The van der Waals surface area contributed by atoms with Gasteiger partial charge in [0.2, 0.25) is 0 Å². The minimum atomic E-state index is -0.272. The Bertz CT molecular complexity index is 799. The summed E-state index contributed by atoms with van der Waals surface area (Å²) >= 11 is 0. The van der Waals surface area contributed by atoms with E-state index in [1.165, 1.54) is 12.4 Å². The van der Waals surface area contributed by atoms with Crippen molar-refractivity contribution in [3.63, 3.8) is 0 Å². The van der Waals surface area contributed by atoms with E-state index in [-0.39, 0.29) is 11.9 Å². The number of guanidine groups is 1. The number of nitrogens with one attached hydrogen (secondary N) is 2. The third kappa shape index (κ3) is 5.19. The molecule has 1 saturated heterocycles. The Kier molecular flexibility index (Phi) is 6.80. The van der Waals surface area contributed by atoms with Gasteiger partial charge in [-0.1, -0.05) is 6.07 Å². The van der Waals surface area contributed by atoms with Gasteiger partial charge in [-0.2, -0.15) is 5.10 Å². The molecule has 0 unspecified atom stereocenters. The standard InChI is InChI=1S/C19H28FN7O/c1-3-21-19(23-12-18-24-13-25-26(18)2)22-11-14-4-5-17(16(20)10-14)27-8-6-15(28)7-9-27/h4-5,10,13,15,28H,3,6-9,11-12H2,1-2H3,(H2,21,22,23). The Labute approximate surface area is 164 Å². The summed E-state index contributed by atoms with van der Waals surface area (Å²) in [7, 11) is 1.83. The zero-order chi connectivity index (χ0) is 19.9. The summed E-state index contributed by atoms with van der Waals surface area (Å²) in [6, 6.07) is 5.24. The molecule has 0 atom stereocenters. The van der Waals surface area contributed by atoms with E-state index < -0.39 is 0 Å². The fraction of sp³-hybridized carbons (Fsp3) is 0.526.